The van der Waals surface area contributed by atoms with Crippen LogP contribution in [0.4, 0.5) is 0 Å². The summed E-state index contributed by atoms with van der Waals surface area (Å²) in [7, 11) is 0. The fraction of sp³-hybridized carbons (Fsp3) is 0.556. The van der Waals surface area contributed by atoms with Crippen LogP contribution >= 0.6 is 0 Å². The normalized spacial score (nSPS) is 12.8. The molecule has 1 rings (SSSR count). The first kappa shape index (κ1) is 9.13. The number of hydrogen-bond donors (Lipinski definition) is 0. The molecular weight excluding hydrogens is 156 g/mol. The third-order valence-corrected chi connectivity index (χ3v) is 1.41. The van der Waals surface area contributed by atoms with E-state index in [9.17, 15) is 0 Å². The van der Waals surface area contributed by atoms with Gasteiger partial charge in [-0.2, -0.15) is 0 Å². The van der Waals surface area contributed by atoms with Gasteiger partial charge in [-0.25, -0.2) is 0 Å². The van der Waals surface area contributed by atoms with Crippen molar-refractivity contribution in [2.24, 2.45) is 0 Å². The SMILES string of the molecule is CCOC(C)COc1ccco1. The molecule has 0 amide bonds. The van der Waals surface area contributed by atoms with Crippen LogP contribution in [0.3, 0.4) is 0 Å². The maximum absolute atomic E-state index is 5.27. The standard InChI is InChI=1S/C9H14O3/c1-3-10-8(2)7-12-9-5-4-6-11-9/h4-6,8H,3,7H2,1-2H3. The van der Waals surface area contributed by atoms with Crippen LogP contribution in [-0.4, -0.2) is 19.3 Å². The third-order valence-electron chi connectivity index (χ3n) is 1.41. The molecule has 0 aliphatic rings. The number of furan rings is 1. The van der Waals surface area contributed by atoms with Gasteiger partial charge in [0.2, 0.25) is 0 Å². The van der Waals surface area contributed by atoms with E-state index in [1.807, 2.05) is 13.8 Å². The lowest BCUT2D eigenvalue weighted by Gasteiger charge is -2.10. The van der Waals surface area contributed by atoms with Gasteiger partial charge in [-0.05, 0) is 19.9 Å². The van der Waals surface area contributed by atoms with E-state index in [1.165, 1.54) is 0 Å². The monoisotopic (exact) mass is 170 g/mol. The second-order valence-corrected chi connectivity index (χ2v) is 2.51. The Morgan fingerprint density at radius 2 is 2.42 bits per heavy atom. The molecule has 0 aromatic carbocycles. The minimum absolute atomic E-state index is 0.111. The maximum Gasteiger partial charge on any atom is 0.284 e. The first-order valence-corrected chi connectivity index (χ1v) is 4.11. The molecule has 0 aliphatic carbocycles. The average molecular weight is 170 g/mol. The molecule has 0 aliphatic heterocycles. The number of rotatable bonds is 5. The lowest BCUT2D eigenvalue weighted by molar-refractivity contribution is 0.0333. The summed E-state index contributed by atoms with van der Waals surface area (Å²) in [5, 5.41) is 0. The molecule has 12 heavy (non-hydrogen) atoms. The van der Waals surface area contributed by atoms with Gasteiger partial charge in [0.15, 0.2) is 0 Å². The van der Waals surface area contributed by atoms with Crippen molar-refractivity contribution < 1.29 is 13.9 Å². The maximum atomic E-state index is 5.27. The summed E-state index contributed by atoms with van der Waals surface area (Å²) in [6.07, 6.45) is 1.70. The lowest BCUT2D eigenvalue weighted by atomic mass is 10.4. The summed E-state index contributed by atoms with van der Waals surface area (Å²) < 4.78 is 15.5. The fourth-order valence-corrected chi connectivity index (χ4v) is 0.878. The summed E-state index contributed by atoms with van der Waals surface area (Å²) in [6, 6.07) is 3.57. The Balaban J connectivity index is 2.17. The van der Waals surface area contributed by atoms with E-state index in [4.69, 9.17) is 13.9 Å². The molecule has 0 N–H and O–H groups in total. The molecular formula is C9H14O3. The molecule has 3 nitrogen and oxygen atoms in total. The highest BCUT2D eigenvalue weighted by molar-refractivity contribution is 5.03. The minimum atomic E-state index is 0.111. The summed E-state index contributed by atoms with van der Waals surface area (Å²) in [5.74, 6) is 0.543. The molecule has 0 radical (unpaired) electrons. The van der Waals surface area contributed by atoms with Gasteiger partial charge < -0.3 is 13.9 Å². The van der Waals surface area contributed by atoms with Gasteiger partial charge >= 0.3 is 0 Å². The largest absolute Gasteiger partial charge is 0.462 e. The van der Waals surface area contributed by atoms with Crippen molar-refractivity contribution in [2.45, 2.75) is 20.0 Å². The fourth-order valence-electron chi connectivity index (χ4n) is 0.878. The van der Waals surface area contributed by atoms with Crippen molar-refractivity contribution in [3.8, 4) is 5.95 Å². The van der Waals surface area contributed by atoms with E-state index in [2.05, 4.69) is 0 Å². The highest BCUT2D eigenvalue weighted by Gasteiger charge is 2.02. The molecule has 0 bridgehead atoms. The molecule has 1 heterocycles. The Kier molecular flexibility index (Phi) is 3.67. The van der Waals surface area contributed by atoms with Crippen LogP contribution in [0.1, 0.15) is 13.8 Å². The van der Waals surface area contributed by atoms with Crippen molar-refractivity contribution in [3.05, 3.63) is 18.4 Å². The highest BCUT2D eigenvalue weighted by atomic mass is 16.6. The molecule has 0 spiro atoms. The number of hydrogen-bond acceptors (Lipinski definition) is 3. The van der Waals surface area contributed by atoms with Gasteiger partial charge in [-0.15, -0.1) is 0 Å². The summed E-state index contributed by atoms with van der Waals surface area (Å²) >= 11 is 0. The van der Waals surface area contributed by atoms with Crippen LogP contribution in [0, 0.1) is 0 Å². The van der Waals surface area contributed by atoms with Crippen LogP contribution in [0.15, 0.2) is 22.8 Å². The zero-order chi connectivity index (χ0) is 8.81. The van der Waals surface area contributed by atoms with Gasteiger partial charge in [-0.1, -0.05) is 0 Å². The first-order valence-electron chi connectivity index (χ1n) is 4.11. The van der Waals surface area contributed by atoms with Crippen molar-refractivity contribution in [3.63, 3.8) is 0 Å². The van der Waals surface area contributed by atoms with Crippen molar-refractivity contribution in [1.29, 1.82) is 0 Å². The summed E-state index contributed by atoms with van der Waals surface area (Å²) in [4.78, 5) is 0. The Labute approximate surface area is 72.3 Å². The smallest absolute Gasteiger partial charge is 0.284 e. The molecule has 0 fully saturated rings. The predicted molar refractivity (Wildman–Crippen MR) is 45.3 cm³/mol. The van der Waals surface area contributed by atoms with Crippen LogP contribution in [-0.2, 0) is 4.74 Å². The average Bonchev–Trinajstić information content (AvgIpc) is 2.53. The molecule has 1 aromatic rings. The van der Waals surface area contributed by atoms with E-state index < -0.39 is 0 Å². The van der Waals surface area contributed by atoms with E-state index in [1.54, 1.807) is 18.4 Å². The molecule has 3 heteroatoms. The second-order valence-electron chi connectivity index (χ2n) is 2.51. The van der Waals surface area contributed by atoms with Gasteiger partial charge in [0.25, 0.3) is 5.95 Å². The molecule has 1 atom stereocenters. The van der Waals surface area contributed by atoms with Crippen LogP contribution in [0.2, 0.25) is 0 Å². The van der Waals surface area contributed by atoms with Gasteiger partial charge in [-0.3, -0.25) is 0 Å². The van der Waals surface area contributed by atoms with E-state index in [0.717, 1.165) is 0 Å². The molecule has 68 valence electrons. The quantitative estimate of drug-likeness (QED) is 0.678. The van der Waals surface area contributed by atoms with Gasteiger partial charge in [0, 0.05) is 12.7 Å². The van der Waals surface area contributed by atoms with Crippen molar-refractivity contribution in [2.75, 3.05) is 13.2 Å². The lowest BCUT2D eigenvalue weighted by Crippen LogP contribution is -2.17. The van der Waals surface area contributed by atoms with E-state index in [0.29, 0.717) is 19.2 Å². The minimum Gasteiger partial charge on any atom is -0.462 e. The summed E-state index contributed by atoms with van der Waals surface area (Å²) in [5.41, 5.74) is 0. The highest BCUT2D eigenvalue weighted by Crippen LogP contribution is 2.10. The molecule has 1 aromatic heterocycles. The number of ether oxygens (including phenoxy) is 2. The predicted octanol–water partition coefficient (Wildman–Crippen LogP) is 2.08. The zero-order valence-corrected chi connectivity index (χ0v) is 7.45. The van der Waals surface area contributed by atoms with Gasteiger partial charge in [0.1, 0.15) is 6.61 Å². The Morgan fingerprint density at radius 3 is 3.00 bits per heavy atom. The summed E-state index contributed by atoms with van der Waals surface area (Å²) in [6.45, 7) is 5.17. The Morgan fingerprint density at radius 1 is 1.58 bits per heavy atom. The topological polar surface area (TPSA) is 31.6 Å². The van der Waals surface area contributed by atoms with Crippen LogP contribution in [0.5, 0.6) is 5.95 Å². The zero-order valence-electron chi connectivity index (χ0n) is 7.45. The van der Waals surface area contributed by atoms with Crippen LogP contribution in [0.25, 0.3) is 0 Å². The first-order chi connectivity index (χ1) is 5.83. The Hall–Kier alpha value is -0.960. The van der Waals surface area contributed by atoms with Crippen molar-refractivity contribution in [1.82, 2.24) is 0 Å². The third kappa shape index (κ3) is 2.96. The molecule has 0 saturated heterocycles. The van der Waals surface area contributed by atoms with Gasteiger partial charge in [0.05, 0.1) is 12.4 Å². The second kappa shape index (κ2) is 4.83. The van der Waals surface area contributed by atoms with Crippen LogP contribution < -0.4 is 4.74 Å². The van der Waals surface area contributed by atoms with E-state index >= 15 is 0 Å². The Bertz CT molecular complexity index is 194. The molecule has 0 saturated carbocycles. The van der Waals surface area contributed by atoms with E-state index in [-0.39, 0.29) is 6.10 Å². The molecule has 1 unspecified atom stereocenters. The van der Waals surface area contributed by atoms with Crippen molar-refractivity contribution >= 4 is 0 Å².